The van der Waals surface area contributed by atoms with Crippen LogP contribution in [-0.4, -0.2) is 29.3 Å². The first-order chi connectivity index (χ1) is 18.0. The zero-order chi connectivity index (χ0) is 25.8. The molecule has 0 aliphatic heterocycles. The van der Waals surface area contributed by atoms with E-state index in [1.165, 1.54) is 12.8 Å². The summed E-state index contributed by atoms with van der Waals surface area (Å²) in [6.45, 7) is 3.26. The van der Waals surface area contributed by atoms with Gasteiger partial charge < -0.3 is 21.1 Å². The summed E-state index contributed by atoms with van der Waals surface area (Å²) in [7, 11) is 1.68. The lowest BCUT2D eigenvalue weighted by Gasteiger charge is -2.21. The van der Waals surface area contributed by atoms with Gasteiger partial charge in [-0.15, -0.1) is 0 Å². The molecule has 7 heteroatoms. The van der Waals surface area contributed by atoms with E-state index < -0.39 is 0 Å². The van der Waals surface area contributed by atoms with Gasteiger partial charge in [0.2, 0.25) is 0 Å². The number of benzene rings is 3. The van der Waals surface area contributed by atoms with E-state index in [4.69, 9.17) is 10.5 Å². The van der Waals surface area contributed by atoms with Crippen LogP contribution in [0.5, 0.6) is 5.75 Å². The van der Waals surface area contributed by atoms with E-state index in [2.05, 4.69) is 33.9 Å². The number of nitrogens with two attached hydrogens (primary N) is 1. The number of nitrogens with one attached hydrogen (secondary N) is 2. The number of amides is 1. The second kappa shape index (κ2) is 11.0. The van der Waals surface area contributed by atoms with Crippen molar-refractivity contribution in [2.45, 2.75) is 32.4 Å². The average Bonchev–Trinajstić information content (AvgIpc) is 3.67. The molecule has 1 aliphatic rings. The molecule has 0 spiro atoms. The summed E-state index contributed by atoms with van der Waals surface area (Å²) >= 11 is 0. The topological polar surface area (TPSA) is 94.2 Å². The van der Waals surface area contributed by atoms with Crippen molar-refractivity contribution in [3.05, 3.63) is 107 Å². The smallest absolute Gasteiger partial charge is 0.274 e. The maximum atomic E-state index is 13.4. The Balaban J connectivity index is 1.41. The highest BCUT2D eigenvalue weighted by Crippen LogP contribution is 2.31. The largest absolute Gasteiger partial charge is 0.497 e. The van der Waals surface area contributed by atoms with Gasteiger partial charge in [0, 0.05) is 12.2 Å². The Morgan fingerprint density at radius 2 is 1.81 bits per heavy atom. The molecule has 4 N–H and O–H groups in total. The standard InChI is InChI=1S/C30H33N5O2/c1-20-14-28(35(34-20)26-10-3-6-22(15-26)18-31)30(36)33-25-9-4-7-23(16-25)29(32-19-21-12-13-21)24-8-5-11-27(17-24)37-2/h3-11,14-17,21,29,32H,12-13,18-19,31H2,1-2H3,(H,33,36). The monoisotopic (exact) mass is 495 g/mol. The number of anilines is 1. The Kier molecular flexibility index (Phi) is 7.35. The molecule has 37 heavy (non-hydrogen) atoms. The van der Waals surface area contributed by atoms with Crippen LogP contribution >= 0.6 is 0 Å². The maximum absolute atomic E-state index is 13.4. The van der Waals surface area contributed by atoms with Gasteiger partial charge in [-0.25, -0.2) is 4.68 Å². The molecule has 0 saturated heterocycles. The number of rotatable bonds is 10. The molecule has 1 atom stereocenters. The predicted octanol–water partition coefficient (Wildman–Crippen LogP) is 4.99. The van der Waals surface area contributed by atoms with Crippen molar-refractivity contribution in [1.29, 1.82) is 0 Å². The van der Waals surface area contributed by atoms with Crippen molar-refractivity contribution in [3.8, 4) is 11.4 Å². The highest BCUT2D eigenvalue weighted by molar-refractivity contribution is 6.03. The second-order valence-corrected chi connectivity index (χ2v) is 9.60. The maximum Gasteiger partial charge on any atom is 0.274 e. The molecule has 4 aromatic rings. The van der Waals surface area contributed by atoms with Gasteiger partial charge in [-0.3, -0.25) is 4.79 Å². The first-order valence-electron chi connectivity index (χ1n) is 12.7. The van der Waals surface area contributed by atoms with Gasteiger partial charge in [-0.2, -0.15) is 5.10 Å². The number of aromatic nitrogens is 2. The lowest BCUT2D eigenvalue weighted by atomic mass is 9.97. The van der Waals surface area contributed by atoms with Gasteiger partial charge in [-0.05, 0) is 91.4 Å². The predicted molar refractivity (Wildman–Crippen MR) is 146 cm³/mol. The third-order valence-corrected chi connectivity index (χ3v) is 6.67. The van der Waals surface area contributed by atoms with Crippen molar-refractivity contribution >= 4 is 11.6 Å². The molecule has 1 amide bonds. The Morgan fingerprint density at radius 1 is 1.05 bits per heavy atom. The number of carbonyl (C=O) groups excluding carboxylic acids is 1. The molecule has 1 aromatic heterocycles. The number of hydrogen-bond donors (Lipinski definition) is 3. The Hall–Kier alpha value is -3.94. The van der Waals surface area contributed by atoms with Crippen LogP contribution in [0, 0.1) is 12.8 Å². The van der Waals surface area contributed by atoms with Crippen LogP contribution in [0.15, 0.2) is 78.9 Å². The van der Waals surface area contributed by atoms with E-state index in [0.29, 0.717) is 12.2 Å². The molecule has 1 fully saturated rings. The minimum atomic E-state index is -0.222. The molecule has 0 radical (unpaired) electrons. The van der Waals surface area contributed by atoms with Gasteiger partial charge in [0.25, 0.3) is 5.91 Å². The summed E-state index contributed by atoms with van der Waals surface area (Å²) in [5.74, 6) is 1.33. The van der Waals surface area contributed by atoms with E-state index in [9.17, 15) is 4.79 Å². The number of methoxy groups -OCH3 is 1. The first-order valence-corrected chi connectivity index (χ1v) is 12.7. The van der Waals surface area contributed by atoms with Crippen LogP contribution in [0.2, 0.25) is 0 Å². The average molecular weight is 496 g/mol. The van der Waals surface area contributed by atoms with Crippen LogP contribution in [0.1, 0.15) is 51.8 Å². The molecule has 190 valence electrons. The lowest BCUT2D eigenvalue weighted by Crippen LogP contribution is -2.25. The normalized spacial score (nSPS) is 13.8. The summed E-state index contributed by atoms with van der Waals surface area (Å²) in [6, 6.07) is 25.7. The lowest BCUT2D eigenvalue weighted by molar-refractivity contribution is 0.101. The number of ether oxygens (including phenoxy) is 1. The molecule has 1 unspecified atom stereocenters. The fourth-order valence-corrected chi connectivity index (χ4v) is 4.52. The molecule has 1 saturated carbocycles. The van der Waals surface area contributed by atoms with Crippen LogP contribution in [0.3, 0.4) is 0 Å². The molecule has 1 heterocycles. The number of carbonyl (C=O) groups is 1. The van der Waals surface area contributed by atoms with Crippen LogP contribution in [-0.2, 0) is 6.54 Å². The molecule has 3 aromatic carbocycles. The Morgan fingerprint density at radius 3 is 2.57 bits per heavy atom. The van der Waals surface area contributed by atoms with Gasteiger partial charge >= 0.3 is 0 Å². The highest BCUT2D eigenvalue weighted by Gasteiger charge is 2.24. The van der Waals surface area contributed by atoms with Crippen LogP contribution < -0.4 is 21.1 Å². The van der Waals surface area contributed by atoms with Gasteiger partial charge in [0.1, 0.15) is 11.4 Å². The molecule has 0 bridgehead atoms. The SMILES string of the molecule is COc1cccc(C(NCC2CC2)c2cccc(NC(=O)c3cc(C)nn3-c3cccc(CN)c3)c2)c1. The van der Waals surface area contributed by atoms with Crippen LogP contribution in [0.25, 0.3) is 5.69 Å². The Bertz CT molecular complexity index is 1390. The molecule has 5 rings (SSSR count). The molecular weight excluding hydrogens is 462 g/mol. The molecule has 7 nitrogen and oxygen atoms in total. The van der Waals surface area contributed by atoms with E-state index in [-0.39, 0.29) is 11.9 Å². The number of nitrogens with zero attached hydrogens (tertiary/aromatic N) is 2. The zero-order valence-electron chi connectivity index (χ0n) is 21.3. The van der Waals surface area contributed by atoms with Crippen molar-refractivity contribution in [1.82, 2.24) is 15.1 Å². The van der Waals surface area contributed by atoms with Crippen molar-refractivity contribution < 1.29 is 9.53 Å². The second-order valence-electron chi connectivity index (χ2n) is 9.60. The number of aryl methyl sites for hydroxylation is 1. The zero-order valence-corrected chi connectivity index (χ0v) is 21.3. The fourth-order valence-electron chi connectivity index (χ4n) is 4.52. The van der Waals surface area contributed by atoms with Crippen molar-refractivity contribution in [3.63, 3.8) is 0 Å². The van der Waals surface area contributed by atoms with Gasteiger partial charge in [0.05, 0.1) is 24.5 Å². The fraction of sp³-hybridized carbons (Fsp3) is 0.267. The molecular formula is C30H33N5O2. The summed E-state index contributed by atoms with van der Waals surface area (Å²) in [5, 5.41) is 11.4. The summed E-state index contributed by atoms with van der Waals surface area (Å²) < 4.78 is 7.14. The van der Waals surface area contributed by atoms with E-state index in [0.717, 1.165) is 52.0 Å². The highest BCUT2D eigenvalue weighted by atomic mass is 16.5. The summed E-state index contributed by atoms with van der Waals surface area (Å²) in [5.41, 5.74) is 11.8. The van der Waals surface area contributed by atoms with Crippen LogP contribution in [0.4, 0.5) is 5.69 Å². The number of hydrogen-bond acceptors (Lipinski definition) is 5. The minimum absolute atomic E-state index is 0.0145. The molecule has 1 aliphatic carbocycles. The Labute approximate surface area is 217 Å². The third-order valence-electron chi connectivity index (χ3n) is 6.67. The minimum Gasteiger partial charge on any atom is -0.497 e. The summed E-state index contributed by atoms with van der Waals surface area (Å²) in [6.07, 6.45) is 2.55. The first kappa shape index (κ1) is 24.7. The van der Waals surface area contributed by atoms with E-state index in [1.54, 1.807) is 17.9 Å². The van der Waals surface area contributed by atoms with Gasteiger partial charge in [0.15, 0.2) is 0 Å². The third kappa shape index (κ3) is 5.90. The quantitative estimate of drug-likeness (QED) is 0.288. The van der Waals surface area contributed by atoms with E-state index in [1.807, 2.05) is 61.5 Å². The summed E-state index contributed by atoms with van der Waals surface area (Å²) in [4.78, 5) is 13.4. The van der Waals surface area contributed by atoms with Crippen molar-refractivity contribution in [2.75, 3.05) is 19.0 Å². The van der Waals surface area contributed by atoms with E-state index >= 15 is 0 Å². The van der Waals surface area contributed by atoms with Crippen molar-refractivity contribution in [2.24, 2.45) is 11.7 Å². The van der Waals surface area contributed by atoms with Gasteiger partial charge in [-0.1, -0.05) is 36.4 Å².